The Bertz CT molecular complexity index is 983. The van der Waals surface area contributed by atoms with Gasteiger partial charge in [-0.1, -0.05) is 0 Å². The SMILES string of the molecule is C[C@@H]1[C@@H](N(C)C)CN1c1cc2c(cc1F)c(=O)c(OC(=O)O)cn2C1CC1. The number of hydrogen-bond acceptors (Lipinski definition) is 5. The molecule has 1 N–H and O–H groups in total. The largest absolute Gasteiger partial charge is 0.511 e. The number of carboxylic acid groups (broad SMARTS) is 1. The molecule has 27 heavy (non-hydrogen) atoms. The number of hydrogen-bond donors (Lipinski definition) is 1. The Kier molecular flexibility index (Phi) is 4.10. The molecule has 0 radical (unpaired) electrons. The van der Waals surface area contributed by atoms with Crippen LogP contribution in [-0.4, -0.2) is 53.5 Å². The van der Waals surface area contributed by atoms with Gasteiger partial charge in [-0.05, 0) is 46.0 Å². The Morgan fingerprint density at radius 2 is 2.04 bits per heavy atom. The lowest BCUT2D eigenvalue weighted by Crippen LogP contribution is -2.64. The van der Waals surface area contributed by atoms with Crippen LogP contribution in [0.4, 0.5) is 14.9 Å². The Hall–Kier alpha value is -2.61. The molecular weight excluding hydrogens is 353 g/mol. The van der Waals surface area contributed by atoms with Crippen LogP contribution in [0.3, 0.4) is 0 Å². The number of carbonyl (C=O) groups is 1. The molecule has 7 nitrogen and oxygen atoms in total. The van der Waals surface area contributed by atoms with Crippen molar-refractivity contribution in [2.45, 2.75) is 37.9 Å². The summed E-state index contributed by atoms with van der Waals surface area (Å²) in [5, 5.41) is 9.00. The Balaban J connectivity index is 1.83. The van der Waals surface area contributed by atoms with Gasteiger partial charge < -0.3 is 24.2 Å². The van der Waals surface area contributed by atoms with E-state index in [2.05, 4.69) is 16.6 Å². The molecule has 1 saturated heterocycles. The summed E-state index contributed by atoms with van der Waals surface area (Å²) in [5.74, 6) is -0.780. The molecule has 0 amide bonds. The summed E-state index contributed by atoms with van der Waals surface area (Å²) < 4.78 is 21.3. The van der Waals surface area contributed by atoms with Gasteiger partial charge in [-0.2, -0.15) is 0 Å². The molecule has 2 aliphatic rings. The lowest BCUT2D eigenvalue weighted by Gasteiger charge is -2.50. The van der Waals surface area contributed by atoms with Crippen LogP contribution < -0.4 is 15.1 Å². The lowest BCUT2D eigenvalue weighted by molar-refractivity contribution is 0.143. The minimum Gasteiger partial charge on any atom is -0.449 e. The lowest BCUT2D eigenvalue weighted by atomic mass is 9.95. The molecule has 2 heterocycles. The first-order valence-corrected chi connectivity index (χ1v) is 9.00. The van der Waals surface area contributed by atoms with Gasteiger partial charge in [0.1, 0.15) is 5.82 Å². The van der Waals surface area contributed by atoms with Crippen LogP contribution >= 0.6 is 0 Å². The number of benzene rings is 1. The molecule has 0 bridgehead atoms. The average Bonchev–Trinajstić information content (AvgIpc) is 3.41. The van der Waals surface area contributed by atoms with E-state index in [4.69, 9.17) is 5.11 Å². The van der Waals surface area contributed by atoms with Crippen LogP contribution in [0.5, 0.6) is 5.75 Å². The van der Waals surface area contributed by atoms with Gasteiger partial charge in [0, 0.05) is 24.7 Å². The van der Waals surface area contributed by atoms with Crippen molar-refractivity contribution < 1.29 is 19.0 Å². The summed E-state index contributed by atoms with van der Waals surface area (Å²) in [5.41, 5.74) is 0.462. The van der Waals surface area contributed by atoms with Crippen molar-refractivity contribution in [2.24, 2.45) is 0 Å². The van der Waals surface area contributed by atoms with E-state index in [1.807, 2.05) is 23.6 Å². The fourth-order valence-electron chi connectivity index (χ4n) is 3.88. The van der Waals surface area contributed by atoms with Gasteiger partial charge in [-0.25, -0.2) is 9.18 Å². The van der Waals surface area contributed by atoms with Gasteiger partial charge in [0.25, 0.3) is 0 Å². The summed E-state index contributed by atoms with van der Waals surface area (Å²) in [7, 11) is 4.01. The van der Waals surface area contributed by atoms with Crippen molar-refractivity contribution in [1.82, 2.24) is 9.47 Å². The normalized spacial score (nSPS) is 22.2. The molecule has 1 aromatic heterocycles. The van der Waals surface area contributed by atoms with Crippen molar-refractivity contribution >= 4 is 22.7 Å². The molecule has 2 fully saturated rings. The van der Waals surface area contributed by atoms with E-state index in [0.717, 1.165) is 12.8 Å². The van der Waals surface area contributed by atoms with E-state index in [-0.39, 0.29) is 23.2 Å². The van der Waals surface area contributed by atoms with Gasteiger partial charge in [0.05, 0.1) is 22.8 Å². The van der Waals surface area contributed by atoms with Crippen LogP contribution in [0.15, 0.2) is 23.1 Å². The highest BCUT2D eigenvalue weighted by Gasteiger charge is 2.38. The van der Waals surface area contributed by atoms with Gasteiger partial charge in [-0.3, -0.25) is 4.79 Å². The second kappa shape index (κ2) is 6.23. The zero-order valence-corrected chi connectivity index (χ0v) is 15.5. The first kappa shape index (κ1) is 17.8. The van der Waals surface area contributed by atoms with Crippen LogP contribution in [0.25, 0.3) is 10.9 Å². The molecule has 1 aliphatic heterocycles. The van der Waals surface area contributed by atoms with Crippen molar-refractivity contribution in [3.05, 3.63) is 34.4 Å². The molecule has 1 aliphatic carbocycles. The predicted molar refractivity (Wildman–Crippen MR) is 99.4 cm³/mol. The quantitative estimate of drug-likeness (QED) is 0.828. The maximum absolute atomic E-state index is 14.9. The number of aromatic nitrogens is 1. The number of fused-ring (bicyclic) bond motifs is 1. The van der Waals surface area contributed by atoms with E-state index in [0.29, 0.717) is 23.8 Å². The summed E-state index contributed by atoms with van der Waals surface area (Å²) in [6.45, 7) is 2.76. The molecule has 1 aromatic carbocycles. The second-order valence-corrected chi connectivity index (χ2v) is 7.57. The predicted octanol–water partition coefficient (Wildman–Crippen LogP) is 2.67. The molecule has 8 heteroatoms. The first-order chi connectivity index (χ1) is 12.8. The standard InChI is InChI=1S/C19H22FN3O4/c1-10-16(21(2)3)8-22(10)15-7-14-12(6-13(15)20)18(24)17(27-19(25)26)9-23(14)11-4-5-11/h6-7,9-11,16H,4-5,8H2,1-3H3,(H,25,26)/t10-,16+/m1/s1. The molecule has 144 valence electrons. The Morgan fingerprint density at radius 1 is 1.33 bits per heavy atom. The summed E-state index contributed by atoms with van der Waals surface area (Å²) in [6, 6.07) is 3.58. The van der Waals surface area contributed by atoms with Crippen LogP contribution in [0, 0.1) is 5.82 Å². The number of nitrogens with zero attached hydrogens (tertiary/aromatic N) is 3. The van der Waals surface area contributed by atoms with E-state index in [1.54, 1.807) is 6.07 Å². The monoisotopic (exact) mass is 375 g/mol. The molecule has 0 unspecified atom stereocenters. The molecule has 1 saturated carbocycles. The smallest absolute Gasteiger partial charge is 0.449 e. The second-order valence-electron chi connectivity index (χ2n) is 7.57. The summed E-state index contributed by atoms with van der Waals surface area (Å²) >= 11 is 0. The highest BCUT2D eigenvalue weighted by molar-refractivity contribution is 5.85. The van der Waals surface area contributed by atoms with Gasteiger partial charge in [0.15, 0.2) is 5.75 Å². The van der Waals surface area contributed by atoms with Crippen LogP contribution in [-0.2, 0) is 0 Å². The van der Waals surface area contributed by atoms with Crippen molar-refractivity contribution in [3.63, 3.8) is 0 Å². The fraction of sp³-hybridized carbons (Fsp3) is 0.474. The number of pyridine rings is 1. The summed E-state index contributed by atoms with van der Waals surface area (Å²) in [4.78, 5) is 27.6. The van der Waals surface area contributed by atoms with Crippen molar-refractivity contribution in [1.29, 1.82) is 0 Å². The van der Waals surface area contributed by atoms with E-state index in [1.165, 1.54) is 12.3 Å². The third kappa shape index (κ3) is 2.93. The topological polar surface area (TPSA) is 75.0 Å². The number of likely N-dealkylation sites (N-methyl/N-ethyl adjacent to an activating group) is 1. The maximum Gasteiger partial charge on any atom is 0.511 e. The van der Waals surface area contributed by atoms with E-state index < -0.39 is 17.4 Å². The van der Waals surface area contributed by atoms with E-state index >= 15 is 0 Å². The highest BCUT2D eigenvalue weighted by Crippen LogP contribution is 2.40. The van der Waals surface area contributed by atoms with Gasteiger partial charge in [0.2, 0.25) is 5.43 Å². The van der Waals surface area contributed by atoms with E-state index in [9.17, 15) is 14.0 Å². The van der Waals surface area contributed by atoms with Crippen molar-refractivity contribution in [2.75, 3.05) is 25.5 Å². The van der Waals surface area contributed by atoms with Crippen LogP contribution in [0.2, 0.25) is 0 Å². The van der Waals surface area contributed by atoms with Gasteiger partial charge in [-0.15, -0.1) is 0 Å². The van der Waals surface area contributed by atoms with Crippen molar-refractivity contribution in [3.8, 4) is 5.75 Å². The Morgan fingerprint density at radius 3 is 2.59 bits per heavy atom. The fourth-order valence-corrected chi connectivity index (χ4v) is 3.88. The minimum atomic E-state index is -1.56. The average molecular weight is 375 g/mol. The zero-order chi connectivity index (χ0) is 19.5. The first-order valence-electron chi connectivity index (χ1n) is 9.00. The van der Waals surface area contributed by atoms with Crippen LogP contribution in [0.1, 0.15) is 25.8 Å². The number of rotatable bonds is 4. The minimum absolute atomic E-state index is 0.138. The molecule has 0 spiro atoms. The van der Waals surface area contributed by atoms with Gasteiger partial charge >= 0.3 is 6.16 Å². The molecular formula is C19H22FN3O4. The highest BCUT2D eigenvalue weighted by atomic mass is 19.1. The third-order valence-electron chi connectivity index (χ3n) is 5.61. The Labute approximate surface area is 155 Å². The summed E-state index contributed by atoms with van der Waals surface area (Å²) in [6.07, 6.45) is 1.73. The molecule has 4 rings (SSSR count). The molecule has 2 atom stereocenters. The third-order valence-corrected chi connectivity index (χ3v) is 5.61. The number of ether oxygens (including phenoxy) is 1. The molecule has 2 aromatic rings. The maximum atomic E-state index is 14.9. The number of anilines is 1. The zero-order valence-electron chi connectivity index (χ0n) is 15.5. The number of halogens is 1.